The summed E-state index contributed by atoms with van der Waals surface area (Å²) in [6, 6.07) is 10.5. The molecule has 1 aliphatic rings. The number of halogens is 2. The molecule has 0 nitrogen and oxygen atoms in total. The zero-order valence-corrected chi connectivity index (χ0v) is 13.7. The fourth-order valence-corrected chi connectivity index (χ4v) is 1.44. The van der Waals surface area contributed by atoms with Crippen LogP contribution >= 0.6 is 24.8 Å². The smallest absolute Gasteiger partial charge is 0 e. The molecule has 1 aromatic rings. The van der Waals surface area contributed by atoms with Gasteiger partial charge in [0.15, 0.2) is 0 Å². The Hall–Kier alpha value is 0.150. The van der Waals surface area contributed by atoms with Crippen molar-refractivity contribution in [1.29, 1.82) is 0 Å². The molecule has 0 aromatic heterocycles. The molecule has 0 atom stereocenters. The second-order valence-electron chi connectivity index (χ2n) is 3.07. The molecular weight excluding hydrogens is 394 g/mol. The zero-order chi connectivity index (χ0) is 8.39. The maximum Gasteiger partial charge on any atom is 0 e. The molecule has 0 unspecified atom stereocenters. The van der Waals surface area contributed by atoms with Gasteiger partial charge in [-0.3, -0.25) is 6.08 Å². The van der Waals surface area contributed by atoms with E-state index in [4.69, 9.17) is 0 Å². The molecular formula is C12H13Cl2Hf-. The Morgan fingerprint density at radius 2 is 1.67 bits per heavy atom. The summed E-state index contributed by atoms with van der Waals surface area (Å²) >= 11 is 0. The second kappa shape index (κ2) is 8.32. The predicted octanol–water partition coefficient (Wildman–Crippen LogP) is 4.06. The quantitative estimate of drug-likeness (QED) is 0.487. The van der Waals surface area contributed by atoms with E-state index in [1.54, 1.807) is 0 Å². The van der Waals surface area contributed by atoms with Crippen LogP contribution in [0.1, 0.15) is 18.9 Å². The van der Waals surface area contributed by atoms with Crippen LogP contribution in [0.4, 0.5) is 0 Å². The van der Waals surface area contributed by atoms with E-state index in [1.165, 1.54) is 16.7 Å². The van der Waals surface area contributed by atoms with Crippen molar-refractivity contribution in [1.82, 2.24) is 0 Å². The van der Waals surface area contributed by atoms with Crippen molar-refractivity contribution in [2.24, 2.45) is 0 Å². The van der Waals surface area contributed by atoms with E-state index >= 15 is 0 Å². The van der Waals surface area contributed by atoms with Crippen LogP contribution in [-0.2, 0) is 25.8 Å². The SMILES string of the molecule is CC1=[C-]CC(c2ccccc2)=C1.Cl.Cl.[Hf]. The molecule has 15 heavy (non-hydrogen) atoms. The average Bonchev–Trinajstić information content (AvgIpc) is 2.54. The van der Waals surface area contributed by atoms with Gasteiger partial charge < -0.3 is 0 Å². The molecule has 0 aliphatic heterocycles. The van der Waals surface area contributed by atoms with Crippen molar-refractivity contribution in [3.05, 3.63) is 53.6 Å². The second-order valence-corrected chi connectivity index (χ2v) is 3.07. The molecule has 0 N–H and O–H groups in total. The third-order valence-electron chi connectivity index (χ3n) is 2.09. The van der Waals surface area contributed by atoms with Gasteiger partial charge in [0.05, 0.1) is 0 Å². The van der Waals surface area contributed by atoms with Crippen LogP contribution in [0.2, 0.25) is 0 Å². The molecule has 0 spiro atoms. The van der Waals surface area contributed by atoms with Crippen molar-refractivity contribution in [2.45, 2.75) is 13.3 Å². The first-order valence-electron chi connectivity index (χ1n) is 4.20. The summed E-state index contributed by atoms with van der Waals surface area (Å²) in [5, 5.41) is 0. The van der Waals surface area contributed by atoms with E-state index in [2.05, 4.69) is 43.3 Å². The molecule has 0 fully saturated rings. The number of hydrogen-bond donors (Lipinski definition) is 0. The predicted molar refractivity (Wildman–Crippen MR) is 66.0 cm³/mol. The zero-order valence-electron chi connectivity index (χ0n) is 8.49. The first-order chi connectivity index (χ1) is 5.86. The van der Waals surface area contributed by atoms with Gasteiger partial charge in [0.1, 0.15) is 0 Å². The standard InChI is InChI=1S/C12H11.2ClH.Hf/c1-10-7-8-12(9-10)11-5-3-2-4-6-11;;;/h2-6,9H,8H2,1H3;2*1H;/q-1;;;. The van der Waals surface area contributed by atoms with Crippen LogP contribution in [0, 0.1) is 6.08 Å². The van der Waals surface area contributed by atoms with Crippen LogP contribution in [0.15, 0.2) is 42.0 Å². The largest absolute Gasteiger partial charge is 0.269 e. The Morgan fingerprint density at radius 3 is 2.13 bits per heavy atom. The van der Waals surface area contributed by atoms with Gasteiger partial charge in [0.2, 0.25) is 0 Å². The summed E-state index contributed by atoms with van der Waals surface area (Å²) in [7, 11) is 0. The maximum absolute atomic E-state index is 3.29. The van der Waals surface area contributed by atoms with E-state index < -0.39 is 0 Å². The first-order valence-corrected chi connectivity index (χ1v) is 4.20. The van der Waals surface area contributed by atoms with E-state index in [-0.39, 0.29) is 50.7 Å². The minimum Gasteiger partial charge on any atom is -0.269 e. The third-order valence-corrected chi connectivity index (χ3v) is 2.09. The molecule has 1 aromatic carbocycles. The van der Waals surface area contributed by atoms with Gasteiger partial charge in [-0.05, 0) is 5.56 Å². The van der Waals surface area contributed by atoms with Crippen LogP contribution in [0.25, 0.3) is 5.57 Å². The Kier molecular flexibility index (Phi) is 9.73. The summed E-state index contributed by atoms with van der Waals surface area (Å²) in [4.78, 5) is 0. The van der Waals surface area contributed by atoms with Gasteiger partial charge in [-0.15, -0.1) is 36.8 Å². The first kappa shape index (κ1) is 17.5. The minimum absolute atomic E-state index is 0. The summed E-state index contributed by atoms with van der Waals surface area (Å²) < 4.78 is 0. The van der Waals surface area contributed by atoms with Gasteiger partial charge in [-0.25, -0.2) is 11.6 Å². The number of hydrogen-bond acceptors (Lipinski definition) is 0. The van der Waals surface area contributed by atoms with Gasteiger partial charge in [-0.2, -0.15) is 0 Å². The summed E-state index contributed by atoms with van der Waals surface area (Å²) in [6.45, 7) is 2.09. The fourth-order valence-electron chi connectivity index (χ4n) is 1.44. The van der Waals surface area contributed by atoms with Gasteiger partial charge in [0, 0.05) is 25.8 Å². The van der Waals surface area contributed by atoms with Gasteiger partial charge in [-0.1, -0.05) is 37.3 Å². The van der Waals surface area contributed by atoms with E-state index in [0.717, 1.165) is 6.42 Å². The Balaban J connectivity index is 0. The number of allylic oxidation sites excluding steroid dienone is 4. The Morgan fingerprint density at radius 1 is 1.07 bits per heavy atom. The number of rotatable bonds is 1. The fraction of sp³-hybridized carbons (Fsp3) is 0.167. The molecule has 0 radical (unpaired) electrons. The van der Waals surface area contributed by atoms with Crippen LogP contribution < -0.4 is 0 Å². The van der Waals surface area contributed by atoms with E-state index in [0.29, 0.717) is 0 Å². The maximum atomic E-state index is 3.29. The monoisotopic (exact) mass is 407 g/mol. The van der Waals surface area contributed by atoms with Gasteiger partial charge >= 0.3 is 0 Å². The molecule has 3 heteroatoms. The van der Waals surface area contributed by atoms with Crippen molar-refractivity contribution in [3.63, 3.8) is 0 Å². The van der Waals surface area contributed by atoms with Gasteiger partial charge in [0.25, 0.3) is 0 Å². The summed E-state index contributed by atoms with van der Waals surface area (Å²) in [5.74, 6) is 0. The van der Waals surface area contributed by atoms with Crippen molar-refractivity contribution in [2.75, 3.05) is 0 Å². The average molecular weight is 407 g/mol. The molecule has 2 rings (SSSR count). The van der Waals surface area contributed by atoms with Crippen molar-refractivity contribution >= 4 is 30.4 Å². The number of benzene rings is 1. The van der Waals surface area contributed by atoms with E-state index in [1.807, 2.05) is 6.07 Å². The summed E-state index contributed by atoms with van der Waals surface area (Å²) in [5.41, 5.74) is 3.96. The minimum atomic E-state index is 0. The Bertz CT molecular complexity index is 342. The molecule has 0 heterocycles. The normalized spacial score (nSPS) is 12.6. The molecule has 1 aliphatic carbocycles. The molecule has 0 saturated heterocycles. The molecule has 0 saturated carbocycles. The third kappa shape index (κ3) is 4.67. The van der Waals surface area contributed by atoms with Crippen LogP contribution in [-0.4, -0.2) is 0 Å². The van der Waals surface area contributed by atoms with E-state index in [9.17, 15) is 0 Å². The van der Waals surface area contributed by atoms with Crippen LogP contribution in [0.3, 0.4) is 0 Å². The molecule has 0 bridgehead atoms. The van der Waals surface area contributed by atoms with Crippen LogP contribution in [0.5, 0.6) is 0 Å². The molecule has 80 valence electrons. The molecule has 0 amide bonds. The van der Waals surface area contributed by atoms with Crippen molar-refractivity contribution in [3.8, 4) is 0 Å². The van der Waals surface area contributed by atoms with Crippen molar-refractivity contribution < 1.29 is 25.8 Å². The summed E-state index contributed by atoms with van der Waals surface area (Å²) in [6.07, 6.45) is 6.46. The topological polar surface area (TPSA) is 0 Å². The Labute approximate surface area is 122 Å².